The number of nitrogens with zero attached hydrogens (tertiary/aromatic N) is 5. The second-order valence-electron chi connectivity index (χ2n) is 13.3. The van der Waals surface area contributed by atoms with Gasteiger partial charge in [0.05, 0.1) is 17.4 Å². The van der Waals surface area contributed by atoms with Gasteiger partial charge in [-0.05, 0) is 68.1 Å². The molecule has 5 aromatic rings. The third-order valence-electron chi connectivity index (χ3n) is 9.86. The van der Waals surface area contributed by atoms with Crippen molar-refractivity contribution in [2.75, 3.05) is 53.3 Å². The van der Waals surface area contributed by atoms with Crippen molar-refractivity contribution in [3.8, 4) is 10.4 Å². The molecule has 14 heteroatoms. The molecule has 3 aromatic heterocycles. The molecule has 0 atom stereocenters. The van der Waals surface area contributed by atoms with Crippen LogP contribution in [-0.4, -0.2) is 65.5 Å². The number of halogens is 2. The largest absolute Gasteiger partial charge is 0.381 e. The lowest BCUT2D eigenvalue weighted by atomic mass is 9.73. The summed E-state index contributed by atoms with van der Waals surface area (Å²) in [4.78, 5) is 56.5. The highest BCUT2D eigenvalue weighted by atomic mass is 32.1. The minimum atomic E-state index is -0.840. The molecular weight excluding hydrogens is 689 g/mol. The Hall–Kier alpha value is -5.60. The third kappa shape index (κ3) is 6.17. The lowest BCUT2D eigenvalue weighted by Gasteiger charge is -2.53. The van der Waals surface area contributed by atoms with Crippen LogP contribution in [0.1, 0.15) is 54.4 Å². The first-order valence-electron chi connectivity index (χ1n) is 16.9. The molecule has 8 rings (SSSR count). The van der Waals surface area contributed by atoms with Crippen LogP contribution in [0.4, 0.5) is 31.8 Å². The van der Waals surface area contributed by atoms with Crippen molar-refractivity contribution in [3.63, 3.8) is 0 Å². The van der Waals surface area contributed by atoms with Crippen LogP contribution < -0.4 is 20.4 Å². The first-order valence-corrected chi connectivity index (χ1v) is 17.7. The number of benzene rings is 2. The van der Waals surface area contributed by atoms with E-state index < -0.39 is 17.5 Å². The number of carbonyl (C=O) groups is 3. The van der Waals surface area contributed by atoms with Crippen LogP contribution in [0.15, 0.2) is 73.3 Å². The molecule has 3 amide bonds. The van der Waals surface area contributed by atoms with Crippen molar-refractivity contribution >= 4 is 52.1 Å². The van der Waals surface area contributed by atoms with Gasteiger partial charge in [0.15, 0.2) is 17.5 Å². The first-order chi connectivity index (χ1) is 25.2. The van der Waals surface area contributed by atoms with E-state index in [2.05, 4.69) is 30.5 Å². The summed E-state index contributed by atoms with van der Waals surface area (Å²) < 4.78 is 35.5. The fraction of sp³-hybridized carbons (Fsp3) is 0.263. The number of pyridine rings is 1. The Morgan fingerprint density at radius 1 is 0.942 bits per heavy atom. The van der Waals surface area contributed by atoms with Gasteiger partial charge in [-0.3, -0.25) is 14.4 Å². The molecule has 0 bridgehead atoms. The number of anilines is 4. The van der Waals surface area contributed by atoms with E-state index in [4.69, 9.17) is 4.74 Å². The molecule has 2 aromatic carbocycles. The molecule has 2 saturated heterocycles. The molecule has 264 valence electrons. The van der Waals surface area contributed by atoms with Crippen molar-refractivity contribution < 1.29 is 27.9 Å². The standard InChI is InChI=1S/C38H33F2N7O4S/c1-22-16-27(34(42-17-22)46-19-38(20-46)11-14-51-15-12-38)35(48)44-24-8-6-23(7-9-24)37(50)47-13-10-26-30(40)32(36(49)45-33-28(39)18-41-21-43-33)52-31(26)25-4-2-3-5-29(25)47/h2-9,16-18,21H,10-15,19-20H2,1H3,(H,44,48)(H,41,43,45,49). The number of nitrogens with one attached hydrogen (secondary N) is 2. The fourth-order valence-electron chi connectivity index (χ4n) is 7.12. The van der Waals surface area contributed by atoms with Gasteiger partial charge in [0.2, 0.25) is 0 Å². The summed E-state index contributed by atoms with van der Waals surface area (Å²) in [5, 5.41) is 5.29. The van der Waals surface area contributed by atoms with Gasteiger partial charge >= 0.3 is 0 Å². The smallest absolute Gasteiger partial charge is 0.270 e. The molecule has 3 aliphatic heterocycles. The van der Waals surface area contributed by atoms with Crippen LogP contribution in [0.2, 0.25) is 0 Å². The number of thiophene rings is 1. The maximum Gasteiger partial charge on any atom is 0.270 e. The van der Waals surface area contributed by atoms with E-state index in [1.165, 1.54) is 0 Å². The quantitative estimate of drug-likeness (QED) is 0.203. The Morgan fingerprint density at radius 3 is 2.48 bits per heavy atom. The molecule has 52 heavy (non-hydrogen) atoms. The SMILES string of the molecule is Cc1cnc(N2CC3(CCOCC3)C2)c(C(=O)Nc2ccc(C(=O)N3CCc4c(sc(C(=O)Nc5ncncc5F)c4F)-c4ccccc43)cc2)c1. The van der Waals surface area contributed by atoms with Crippen LogP contribution in [0.3, 0.4) is 0 Å². The highest BCUT2D eigenvalue weighted by Crippen LogP contribution is 2.44. The highest BCUT2D eigenvalue weighted by Gasteiger charge is 2.45. The summed E-state index contributed by atoms with van der Waals surface area (Å²) in [5.41, 5.74) is 3.93. The molecule has 2 fully saturated rings. The number of fused-ring (bicyclic) bond motifs is 3. The maximum atomic E-state index is 15.8. The zero-order chi connectivity index (χ0) is 36.0. The lowest BCUT2D eigenvalue weighted by Crippen LogP contribution is -2.59. The van der Waals surface area contributed by atoms with E-state index in [0.717, 1.165) is 68.6 Å². The number of rotatable bonds is 6. The summed E-state index contributed by atoms with van der Waals surface area (Å²) in [6.07, 6.45) is 5.91. The van der Waals surface area contributed by atoms with Crippen LogP contribution in [0, 0.1) is 24.0 Å². The predicted molar refractivity (Wildman–Crippen MR) is 193 cm³/mol. The average molecular weight is 722 g/mol. The topological polar surface area (TPSA) is 130 Å². The second-order valence-corrected chi connectivity index (χ2v) is 14.4. The van der Waals surface area contributed by atoms with E-state index >= 15 is 4.39 Å². The van der Waals surface area contributed by atoms with Crippen LogP contribution in [-0.2, 0) is 11.2 Å². The number of carbonyl (C=O) groups excluding carboxylic acids is 3. The van der Waals surface area contributed by atoms with Crippen molar-refractivity contribution in [1.82, 2.24) is 15.0 Å². The van der Waals surface area contributed by atoms with Crippen LogP contribution in [0.25, 0.3) is 10.4 Å². The summed E-state index contributed by atoms with van der Waals surface area (Å²) in [6, 6.07) is 15.6. The molecule has 11 nitrogen and oxygen atoms in total. The molecule has 0 aliphatic carbocycles. The Labute approximate surface area is 301 Å². The number of hydrogen-bond donors (Lipinski definition) is 2. The average Bonchev–Trinajstić information content (AvgIpc) is 3.38. The molecule has 0 radical (unpaired) electrons. The van der Waals surface area contributed by atoms with E-state index in [9.17, 15) is 18.8 Å². The first kappa shape index (κ1) is 33.5. The Balaban J connectivity index is 0.989. The Kier molecular flexibility index (Phi) is 8.71. The normalized spacial score (nSPS) is 16.0. The molecular formula is C38H33F2N7O4S. The highest BCUT2D eigenvalue weighted by molar-refractivity contribution is 7.17. The van der Waals surface area contributed by atoms with Gasteiger partial charge in [0.25, 0.3) is 17.7 Å². The number of hydrogen-bond acceptors (Lipinski definition) is 9. The van der Waals surface area contributed by atoms with Gasteiger partial charge in [0.1, 0.15) is 17.0 Å². The zero-order valence-corrected chi connectivity index (χ0v) is 28.9. The minimum Gasteiger partial charge on any atom is -0.381 e. The van der Waals surface area contributed by atoms with E-state index in [1.807, 2.05) is 13.0 Å². The molecule has 2 N–H and O–H groups in total. The number of ether oxygens (including phenoxy) is 1. The maximum absolute atomic E-state index is 15.8. The lowest BCUT2D eigenvalue weighted by molar-refractivity contribution is -0.000511. The number of aryl methyl sites for hydroxylation is 1. The van der Waals surface area contributed by atoms with Gasteiger partial charge in [-0.25, -0.2) is 23.7 Å². The van der Waals surface area contributed by atoms with Crippen molar-refractivity contribution in [1.29, 1.82) is 0 Å². The van der Waals surface area contributed by atoms with E-state index in [0.29, 0.717) is 44.3 Å². The Bertz CT molecular complexity index is 2210. The molecule has 6 heterocycles. The van der Waals surface area contributed by atoms with Crippen molar-refractivity contribution in [2.45, 2.75) is 26.2 Å². The summed E-state index contributed by atoms with van der Waals surface area (Å²) in [6.45, 7) is 5.24. The number of amides is 3. The zero-order valence-electron chi connectivity index (χ0n) is 28.1. The van der Waals surface area contributed by atoms with Gasteiger partial charge in [0, 0.05) is 71.7 Å². The summed E-state index contributed by atoms with van der Waals surface area (Å²) >= 11 is 0.937. The second kappa shape index (κ2) is 13.5. The van der Waals surface area contributed by atoms with Gasteiger partial charge in [-0.1, -0.05) is 18.2 Å². The van der Waals surface area contributed by atoms with E-state index in [-0.39, 0.29) is 40.9 Å². The molecule has 1 spiro atoms. The predicted octanol–water partition coefficient (Wildman–Crippen LogP) is 6.51. The summed E-state index contributed by atoms with van der Waals surface area (Å²) in [7, 11) is 0. The van der Waals surface area contributed by atoms with Gasteiger partial charge < -0.3 is 25.2 Å². The van der Waals surface area contributed by atoms with Crippen molar-refractivity contribution in [2.24, 2.45) is 5.41 Å². The molecule has 3 aliphatic rings. The van der Waals surface area contributed by atoms with Crippen molar-refractivity contribution in [3.05, 3.63) is 112 Å². The molecule has 0 unspecified atom stereocenters. The number of aromatic nitrogens is 3. The van der Waals surface area contributed by atoms with Crippen LogP contribution in [0.5, 0.6) is 0 Å². The monoisotopic (exact) mass is 721 g/mol. The fourth-order valence-corrected chi connectivity index (χ4v) is 8.28. The Morgan fingerprint density at radius 2 is 1.71 bits per heavy atom. The molecule has 0 saturated carbocycles. The third-order valence-corrected chi connectivity index (χ3v) is 11.1. The van der Waals surface area contributed by atoms with Gasteiger partial charge in [-0.2, -0.15) is 0 Å². The minimum absolute atomic E-state index is 0.139. The van der Waals surface area contributed by atoms with Gasteiger partial charge in [-0.15, -0.1) is 11.3 Å². The number of para-hydroxylation sites is 1. The van der Waals surface area contributed by atoms with E-state index in [1.54, 1.807) is 59.6 Å². The van der Waals surface area contributed by atoms with Crippen LogP contribution >= 0.6 is 11.3 Å². The summed E-state index contributed by atoms with van der Waals surface area (Å²) in [5.74, 6) is -2.67.